The maximum absolute atomic E-state index is 12.1. The van der Waals surface area contributed by atoms with Crippen LogP contribution in [0.2, 0.25) is 0 Å². The molecule has 5 nitrogen and oxygen atoms in total. The molecule has 2 N–H and O–H groups in total. The Kier molecular flexibility index (Phi) is 3.78. The zero-order chi connectivity index (χ0) is 14.2. The highest BCUT2D eigenvalue weighted by atomic mass is 32.2. The molecule has 1 rings (SSSR count). The summed E-state index contributed by atoms with van der Waals surface area (Å²) in [5.41, 5.74) is 3.48. The number of nitrogens with two attached hydrogens (primary N) is 1. The van der Waals surface area contributed by atoms with Crippen LogP contribution < -0.4 is 5.73 Å². The first-order valence-electron chi connectivity index (χ1n) is 4.92. The van der Waals surface area contributed by atoms with Gasteiger partial charge in [0.25, 0.3) is 0 Å². The van der Waals surface area contributed by atoms with Gasteiger partial charge in [0, 0.05) is 17.6 Å². The molecule has 0 spiro atoms. The highest BCUT2D eigenvalue weighted by Crippen LogP contribution is 2.40. The number of hydrogen-bond donors (Lipinski definition) is 1. The summed E-state index contributed by atoms with van der Waals surface area (Å²) < 4.78 is 62.2. The van der Waals surface area contributed by atoms with Crippen molar-refractivity contribution in [2.75, 3.05) is 6.26 Å². The molecule has 0 radical (unpaired) electrons. The number of alkyl halides is 3. The normalized spacial score (nSPS) is 20.7. The minimum Gasteiger partial charge on any atom is -0.433 e. The number of esters is 1. The Balaban J connectivity index is 2.89. The fraction of sp³-hybridized carbons (Fsp3) is 0.667. The van der Waals surface area contributed by atoms with Gasteiger partial charge in [0.1, 0.15) is 0 Å². The summed E-state index contributed by atoms with van der Waals surface area (Å²) >= 11 is 0. The van der Waals surface area contributed by atoms with Gasteiger partial charge in [-0.2, -0.15) is 13.2 Å². The average molecular weight is 287 g/mol. The molecule has 0 saturated heterocycles. The highest BCUT2D eigenvalue weighted by Gasteiger charge is 2.50. The van der Waals surface area contributed by atoms with Crippen molar-refractivity contribution in [3.8, 4) is 0 Å². The highest BCUT2D eigenvalue weighted by molar-refractivity contribution is 7.93. The van der Waals surface area contributed by atoms with E-state index >= 15 is 0 Å². The predicted octanol–water partition coefficient (Wildman–Crippen LogP) is 0.715. The van der Waals surface area contributed by atoms with E-state index in [2.05, 4.69) is 4.74 Å². The van der Waals surface area contributed by atoms with Gasteiger partial charge in [-0.1, -0.05) is 0 Å². The molecule has 1 aliphatic rings. The maximum atomic E-state index is 12.1. The minimum atomic E-state index is -5.17. The van der Waals surface area contributed by atoms with Gasteiger partial charge in [0.2, 0.25) is 0 Å². The molecule has 0 amide bonds. The lowest BCUT2D eigenvalue weighted by Crippen LogP contribution is -2.47. The molecular weight excluding hydrogens is 275 g/mol. The summed E-state index contributed by atoms with van der Waals surface area (Å²) in [7, 11) is -3.57. The van der Waals surface area contributed by atoms with Crippen LogP contribution in [0.25, 0.3) is 0 Å². The fourth-order valence-corrected chi connectivity index (χ4v) is 1.70. The van der Waals surface area contributed by atoms with Crippen molar-refractivity contribution < 1.29 is 31.1 Å². The molecule has 0 aromatic carbocycles. The SMILES string of the molecule is CS(=O)(=O)/C=C/C(N)(OC(=O)C(F)(F)F)C1CC1. The van der Waals surface area contributed by atoms with Crippen molar-refractivity contribution >= 4 is 15.8 Å². The monoisotopic (exact) mass is 287 g/mol. The third-order valence-electron chi connectivity index (χ3n) is 2.29. The van der Waals surface area contributed by atoms with E-state index in [0.29, 0.717) is 18.2 Å². The Morgan fingerprint density at radius 2 is 1.89 bits per heavy atom. The zero-order valence-electron chi connectivity index (χ0n) is 9.40. The van der Waals surface area contributed by atoms with Crippen molar-refractivity contribution in [1.82, 2.24) is 0 Å². The second-order valence-corrected chi connectivity index (χ2v) is 6.08. The molecule has 0 aromatic rings. The van der Waals surface area contributed by atoms with Gasteiger partial charge in [-0.3, -0.25) is 5.73 Å². The largest absolute Gasteiger partial charge is 0.491 e. The molecule has 1 aliphatic carbocycles. The van der Waals surface area contributed by atoms with Crippen LogP contribution in [0.3, 0.4) is 0 Å². The van der Waals surface area contributed by atoms with Crippen LogP contribution in [0.5, 0.6) is 0 Å². The molecule has 0 heterocycles. The molecule has 0 aliphatic heterocycles. The fourth-order valence-electron chi connectivity index (χ4n) is 1.24. The van der Waals surface area contributed by atoms with Crippen LogP contribution >= 0.6 is 0 Å². The van der Waals surface area contributed by atoms with Crippen molar-refractivity contribution in [3.05, 3.63) is 11.5 Å². The van der Waals surface area contributed by atoms with E-state index in [9.17, 15) is 26.4 Å². The van der Waals surface area contributed by atoms with Gasteiger partial charge in [-0.15, -0.1) is 0 Å². The summed E-state index contributed by atoms with van der Waals surface area (Å²) in [6.07, 6.45) is -2.60. The molecule has 18 heavy (non-hydrogen) atoms. The Bertz CT molecular complexity index is 467. The summed E-state index contributed by atoms with van der Waals surface area (Å²) in [6.45, 7) is 0. The van der Waals surface area contributed by atoms with Crippen LogP contribution in [0.1, 0.15) is 12.8 Å². The zero-order valence-corrected chi connectivity index (χ0v) is 10.2. The second-order valence-electron chi connectivity index (χ2n) is 4.15. The summed E-state index contributed by atoms with van der Waals surface area (Å²) in [5.74, 6) is -2.93. The molecule has 0 aromatic heterocycles. The van der Waals surface area contributed by atoms with Crippen molar-refractivity contribution in [2.24, 2.45) is 11.7 Å². The van der Waals surface area contributed by atoms with Gasteiger partial charge in [-0.05, 0) is 18.9 Å². The molecule has 1 unspecified atom stereocenters. The smallest absolute Gasteiger partial charge is 0.433 e. The molecule has 1 saturated carbocycles. The van der Waals surface area contributed by atoms with Crippen LogP contribution in [0, 0.1) is 5.92 Å². The third-order valence-corrected chi connectivity index (χ3v) is 2.92. The number of rotatable bonds is 4. The van der Waals surface area contributed by atoms with Crippen LogP contribution in [0.4, 0.5) is 13.2 Å². The van der Waals surface area contributed by atoms with Gasteiger partial charge in [-0.25, -0.2) is 13.2 Å². The van der Waals surface area contributed by atoms with E-state index in [0.717, 1.165) is 12.3 Å². The number of halogens is 3. The van der Waals surface area contributed by atoms with Crippen LogP contribution in [-0.2, 0) is 19.4 Å². The molecule has 9 heteroatoms. The van der Waals surface area contributed by atoms with E-state index in [1.165, 1.54) is 0 Å². The topological polar surface area (TPSA) is 86.5 Å². The second kappa shape index (κ2) is 4.54. The van der Waals surface area contributed by atoms with Crippen LogP contribution in [0.15, 0.2) is 11.5 Å². The van der Waals surface area contributed by atoms with E-state index < -0.39 is 33.6 Å². The quantitative estimate of drug-likeness (QED) is 0.608. The summed E-state index contributed by atoms with van der Waals surface area (Å²) in [5, 5.41) is 0.634. The van der Waals surface area contributed by atoms with E-state index in [1.807, 2.05) is 0 Å². The standard InChI is InChI=1S/C9H12F3NO4S/c1-18(15,16)5-4-8(13,6-2-3-6)17-7(14)9(10,11)12/h4-6H,2-3,13H2,1H3/b5-4+. The predicted molar refractivity (Wildman–Crippen MR) is 55.8 cm³/mol. The summed E-state index contributed by atoms with van der Waals surface area (Å²) in [6, 6.07) is 0. The summed E-state index contributed by atoms with van der Waals surface area (Å²) in [4.78, 5) is 10.7. The van der Waals surface area contributed by atoms with E-state index in [1.54, 1.807) is 0 Å². The molecule has 1 atom stereocenters. The Hall–Kier alpha value is -1.09. The van der Waals surface area contributed by atoms with Crippen molar-refractivity contribution in [1.29, 1.82) is 0 Å². The van der Waals surface area contributed by atoms with E-state index in [-0.39, 0.29) is 0 Å². The average Bonchev–Trinajstić information content (AvgIpc) is 2.95. The number of carbonyl (C=O) groups is 1. The Morgan fingerprint density at radius 3 is 2.22 bits per heavy atom. The van der Waals surface area contributed by atoms with Gasteiger partial charge in [0.15, 0.2) is 15.6 Å². The Morgan fingerprint density at radius 1 is 1.39 bits per heavy atom. The van der Waals surface area contributed by atoms with Crippen molar-refractivity contribution in [2.45, 2.75) is 24.7 Å². The first kappa shape index (κ1) is 15.0. The van der Waals surface area contributed by atoms with E-state index in [4.69, 9.17) is 5.73 Å². The lowest BCUT2D eigenvalue weighted by Gasteiger charge is -2.26. The third kappa shape index (κ3) is 4.30. The Labute approximate surface area is 102 Å². The molecule has 104 valence electrons. The molecule has 1 fully saturated rings. The van der Waals surface area contributed by atoms with Crippen LogP contribution in [-0.4, -0.2) is 32.5 Å². The lowest BCUT2D eigenvalue weighted by molar-refractivity contribution is -0.211. The van der Waals surface area contributed by atoms with Gasteiger partial charge in [0.05, 0.1) is 0 Å². The van der Waals surface area contributed by atoms with Crippen molar-refractivity contribution in [3.63, 3.8) is 0 Å². The first-order valence-corrected chi connectivity index (χ1v) is 6.88. The number of carbonyl (C=O) groups excluding carboxylic acids is 1. The first-order chi connectivity index (χ1) is 7.94. The number of hydrogen-bond acceptors (Lipinski definition) is 5. The lowest BCUT2D eigenvalue weighted by atomic mass is 10.1. The number of sulfone groups is 1. The van der Waals surface area contributed by atoms with Gasteiger partial charge < -0.3 is 4.74 Å². The van der Waals surface area contributed by atoms with Gasteiger partial charge >= 0.3 is 12.1 Å². The molecular formula is C9H12F3NO4S. The minimum absolute atomic E-state index is 0.468. The number of ether oxygens (including phenoxy) is 1. The molecule has 0 bridgehead atoms. The maximum Gasteiger partial charge on any atom is 0.491 e.